The molecular formula is C28H37BrN2O3. The molecule has 1 spiro atoms. The standard InChI is InChI=1S/C28H37BrN2O3/c1-2-34-23(32)15-21-20-4-3-5-22(29)24(20)28(6-8-30-9-7-28)25(21)27(33)31-26-18-11-16-10-17(13-18)14-19(26)12-16/h3-5,16-19,21,25-26,30H,2,6-15H2,1H3,(H,31,33). The minimum atomic E-state index is -0.242. The highest BCUT2D eigenvalue weighted by Crippen LogP contribution is 2.59. The van der Waals surface area contributed by atoms with Crippen LogP contribution in [-0.2, 0) is 19.7 Å². The number of fused-ring (bicyclic) bond motifs is 2. The van der Waals surface area contributed by atoms with E-state index < -0.39 is 0 Å². The Kier molecular flexibility index (Phi) is 6.04. The second-order valence-corrected chi connectivity index (χ2v) is 12.5. The summed E-state index contributed by atoms with van der Waals surface area (Å²) in [5.74, 6) is 2.66. The number of hydrogen-bond donors (Lipinski definition) is 2. The van der Waals surface area contributed by atoms with E-state index in [9.17, 15) is 9.59 Å². The van der Waals surface area contributed by atoms with Crippen molar-refractivity contribution in [3.05, 3.63) is 33.8 Å². The molecule has 1 saturated heterocycles. The van der Waals surface area contributed by atoms with Crippen molar-refractivity contribution in [2.45, 2.75) is 75.7 Å². The Morgan fingerprint density at radius 3 is 2.41 bits per heavy atom. The molecule has 1 amide bonds. The maximum Gasteiger partial charge on any atom is 0.306 e. The molecule has 4 saturated carbocycles. The molecule has 5 aliphatic carbocycles. The van der Waals surface area contributed by atoms with E-state index in [1.807, 2.05) is 13.0 Å². The molecule has 7 rings (SSSR count). The van der Waals surface area contributed by atoms with Crippen LogP contribution in [0.1, 0.15) is 75.3 Å². The monoisotopic (exact) mass is 528 g/mol. The fourth-order valence-corrected chi connectivity index (χ4v) is 9.78. The van der Waals surface area contributed by atoms with Crippen molar-refractivity contribution in [1.82, 2.24) is 10.6 Å². The highest BCUT2D eigenvalue weighted by atomic mass is 79.9. The van der Waals surface area contributed by atoms with E-state index in [-0.39, 0.29) is 35.5 Å². The molecule has 2 atom stereocenters. The van der Waals surface area contributed by atoms with Crippen LogP contribution >= 0.6 is 15.9 Å². The number of rotatable bonds is 5. The Hall–Kier alpha value is -1.40. The zero-order valence-electron chi connectivity index (χ0n) is 20.2. The fourth-order valence-electron chi connectivity index (χ4n) is 9.00. The molecule has 2 N–H and O–H groups in total. The number of ether oxygens (including phenoxy) is 1. The molecule has 1 aromatic rings. The Morgan fingerprint density at radius 1 is 1.09 bits per heavy atom. The zero-order valence-corrected chi connectivity index (χ0v) is 21.7. The van der Waals surface area contributed by atoms with Gasteiger partial charge in [0.05, 0.1) is 18.9 Å². The van der Waals surface area contributed by atoms with Gasteiger partial charge in [-0.15, -0.1) is 0 Å². The van der Waals surface area contributed by atoms with Gasteiger partial charge in [0.1, 0.15) is 0 Å². The third-order valence-electron chi connectivity index (χ3n) is 9.95. The van der Waals surface area contributed by atoms with Gasteiger partial charge < -0.3 is 15.4 Å². The number of piperidine rings is 1. The number of benzene rings is 1. The molecule has 0 aromatic heterocycles. The minimum absolute atomic E-state index is 0.138. The Balaban J connectivity index is 1.35. The summed E-state index contributed by atoms with van der Waals surface area (Å²) in [7, 11) is 0. The molecule has 5 nitrogen and oxygen atoms in total. The van der Waals surface area contributed by atoms with Crippen molar-refractivity contribution in [2.24, 2.45) is 29.6 Å². The van der Waals surface area contributed by atoms with E-state index in [0.29, 0.717) is 24.5 Å². The molecule has 1 aromatic carbocycles. The number of nitrogens with one attached hydrogen (secondary N) is 2. The summed E-state index contributed by atoms with van der Waals surface area (Å²) in [4.78, 5) is 27.1. The lowest BCUT2D eigenvalue weighted by molar-refractivity contribution is -0.144. The van der Waals surface area contributed by atoms with Crippen LogP contribution in [0, 0.1) is 29.6 Å². The molecule has 4 bridgehead atoms. The van der Waals surface area contributed by atoms with E-state index in [4.69, 9.17) is 4.74 Å². The summed E-state index contributed by atoms with van der Waals surface area (Å²) in [5.41, 5.74) is 2.18. The first kappa shape index (κ1) is 23.0. The molecule has 2 unspecified atom stereocenters. The van der Waals surface area contributed by atoms with Crippen molar-refractivity contribution in [1.29, 1.82) is 0 Å². The highest BCUT2D eigenvalue weighted by molar-refractivity contribution is 9.10. The second kappa shape index (κ2) is 8.92. The Morgan fingerprint density at radius 2 is 1.76 bits per heavy atom. The van der Waals surface area contributed by atoms with Crippen LogP contribution in [0.15, 0.2) is 22.7 Å². The summed E-state index contributed by atoms with van der Waals surface area (Å²) in [6.07, 6.45) is 8.67. The van der Waals surface area contributed by atoms with Gasteiger partial charge in [0.15, 0.2) is 0 Å². The predicted molar refractivity (Wildman–Crippen MR) is 134 cm³/mol. The van der Waals surface area contributed by atoms with Crippen LogP contribution in [0.4, 0.5) is 0 Å². The molecule has 1 aliphatic heterocycles. The quantitative estimate of drug-likeness (QED) is 0.544. The fraction of sp³-hybridized carbons (Fsp3) is 0.714. The van der Waals surface area contributed by atoms with Gasteiger partial charge in [-0.1, -0.05) is 28.1 Å². The maximum atomic E-state index is 14.3. The van der Waals surface area contributed by atoms with E-state index in [2.05, 4.69) is 38.7 Å². The van der Waals surface area contributed by atoms with Crippen LogP contribution < -0.4 is 10.6 Å². The SMILES string of the molecule is CCOC(=O)CC1c2cccc(Br)c2C2(CCNCC2)C1C(=O)NC1C2CC3CC(C2)CC1C3. The van der Waals surface area contributed by atoms with E-state index >= 15 is 0 Å². The lowest BCUT2D eigenvalue weighted by atomic mass is 9.54. The number of esters is 1. The van der Waals surface area contributed by atoms with Gasteiger partial charge in [0.2, 0.25) is 5.91 Å². The van der Waals surface area contributed by atoms with Gasteiger partial charge in [0, 0.05) is 21.8 Å². The van der Waals surface area contributed by atoms with E-state index in [0.717, 1.165) is 47.8 Å². The summed E-state index contributed by atoms with van der Waals surface area (Å²) < 4.78 is 6.46. The van der Waals surface area contributed by atoms with Gasteiger partial charge in [-0.25, -0.2) is 0 Å². The molecule has 6 aliphatic rings. The zero-order chi connectivity index (χ0) is 23.4. The van der Waals surface area contributed by atoms with Crippen molar-refractivity contribution >= 4 is 27.8 Å². The Labute approximate surface area is 211 Å². The predicted octanol–water partition coefficient (Wildman–Crippen LogP) is 4.68. The van der Waals surface area contributed by atoms with Crippen molar-refractivity contribution in [3.63, 3.8) is 0 Å². The van der Waals surface area contributed by atoms with Crippen LogP contribution in [-0.4, -0.2) is 37.6 Å². The number of amides is 1. The molecule has 184 valence electrons. The summed E-state index contributed by atoms with van der Waals surface area (Å²) in [5, 5.41) is 7.14. The average Bonchev–Trinajstić information content (AvgIpc) is 3.06. The minimum Gasteiger partial charge on any atom is -0.466 e. The largest absolute Gasteiger partial charge is 0.466 e. The van der Waals surface area contributed by atoms with Crippen LogP contribution in [0.5, 0.6) is 0 Å². The van der Waals surface area contributed by atoms with Gasteiger partial charge in [-0.2, -0.15) is 0 Å². The first-order valence-electron chi connectivity index (χ1n) is 13.5. The summed E-state index contributed by atoms with van der Waals surface area (Å²) in [6, 6.07) is 6.61. The molecular weight excluding hydrogens is 492 g/mol. The second-order valence-electron chi connectivity index (χ2n) is 11.7. The molecule has 6 heteroatoms. The third-order valence-corrected chi connectivity index (χ3v) is 10.6. The molecule has 34 heavy (non-hydrogen) atoms. The third kappa shape index (κ3) is 3.66. The number of halogens is 1. The van der Waals surface area contributed by atoms with E-state index in [1.54, 1.807) is 0 Å². The average molecular weight is 530 g/mol. The van der Waals surface area contributed by atoms with Gasteiger partial charge in [0.25, 0.3) is 0 Å². The molecule has 1 heterocycles. The lowest BCUT2D eigenvalue weighted by Gasteiger charge is -2.55. The molecule has 0 radical (unpaired) electrons. The van der Waals surface area contributed by atoms with Crippen LogP contribution in [0.2, 0.25) is 0 Å². The van der Waals surface area contributed by atoms with Crippen LogP contribution in [0.3, 0.4) is 0 Å². The first-order chi connectivity index (χ1) is 16.5. The van der Waals surface area contributed by atoms with Gasteiger partial charge in [-0.05, 0) is 106 Å². The summed E-state index contributed by atoms with van der Waals surface area (Å²) >= 11 is 3.84. The van der Waals surface area contributed by atoms with Crippen molar-refractivity contribution in [2.75, 3.05) is 19.7 Å². The smallest absolute Gasteiger partial charge is 0.306 e. The topological polar surface area (TPSA) is 67.4 Å². The number of carbonyl (C=O) groups excluding carboxylic acids is 2. The first-order valence-corrected chi connectivity index (χ1v) is 14.2. The van der Waals surface area contributed by atoms with Crippen molar-refractivity contribution in [3.8, 4) is 0 Å². The highest BCUT2D eigenvalue weighted by Gasteiger charge is 2.58. The number of carbonyl (C=O) groups is 2. The maximum absolute atomic E-state index is 14.3. The van der Waals surface area contributed by atoms with Gasteiger partial charge in [-0.3, -0.25) is 9.59 Å². The van der Waals surface area contributed by atoms with E-state index in [1.165, 1.54) is 37.7 Å². The summed E-state index contributed by atoms with van der Waals surface area (Å²) in [6.45, 7) is 4.02. The lowest BCUT2D eigenvalue weighted by Crippen LogP contribution is -2.58. The van der Waals surface area contributed by atoms with Crippen molar-refractivity contribution < 1.29 is 14.3 Å². The Bertz CT molecular complexity index is 944. The molecule has 5 fully saturated rings. The normalized spacial score (nSPS) is 36.9. The number of hydrogen-bond acceptors (Lipinski definition) is 4. The van der Waals surface area contributed by atoms with Crippen LogP contribution in [0.25, 0.3) is 0 Å². The van der Waals surface area contributed by atoms with Gasteiger partial charge >= 0.3 is 5.97 Å².